The van der Waals surface area contributed by atoms with Gasteiger partial charge in [0.05, 0.1) is 0 Å². The molecule has 0 amide bonds. The largest absolute Gasteiger partial charge is 0.205 e. The van der Waals surface area contributed by atoms with Gasteiger partial charge in [0.15, 0.2) is 0 Å². The van der Waals surface area contributed by atoms with Crippen molar-refractivity contribution in [3.05, 3.63) is 46.5 Å². The number of fused-ring (bicyclic) bond motifs is 1. The monoisotopic (exact) mass is 324 g/mol. The Morgan fingerprint density at radius 3 is 2.32 bits per heavy atom. The van der Waals surface area contributed by atoms with Crippen molar-refractivity contribution in [2.45, 2.75) is 51.4 Å². The summed E-state index contributed by atoms with van der Waals surface area (Å²) < 4.78 is 27.4. The van der Waals surface area contributed by atoms with Crippen molar-refractivity contribution in [2.24, 2.45) is 17.8 Å². The molecule has 0 spiro atoms. The van der Waals surface area contributed by atoms with E-state index in [2.05, 4.69) is 19.1 Å². The predicted molar refractivity (Wildman–Crippen MR) is 87.1 cm³/mol. The van der Waals surface area contributed by atoms with Crippen molar-refractivity contribution in [1.82, 2.24) is 0 Å². The van der Waals surface area contributed by atoms with Gasteiger partial charge in [-0.2, -0.15) is 0 Å². The summed E-state index contributed by atoms with van der Waals surface area (Å²) in [4.78, 5) is 0. The Kier molecular flexibility index (Phi) is 4.87. The van der Waals surface area contributed by atoms with E-state index in [1.807, 2.05) is 0 Å². The zero-order valence-corrected chi connectivity index (χ0v) is 13.8. The van der Waals surface area contributed by atoms with Crippen molar-refractivity contribution >= 4 is 11.6 Å². The topological polar surface area (TPSA) is 0 Å². The average Bonchev–Trinajstić information content (AvgIpc) is 2.52. The van der Waals surface area contributed by atoms with Crippen molar-refractivity contribution in [1.29, 1.82) is 0 Å². The maximum absolute atomic E-state index is 13.7. The molecular formula is C19H23ClF2. The third kappa shape index (κ3) is 3.22. The molecule has 4 atom stereocenters. The van der Waals surface area contributed by atoms with Crippen molar-refractivity contribution in [3.63, 3.8) is 0 Å². The number of benzene rings is 1. The zero-order chi connectivity index (χ0) is 15.7. The normalized spacial score (nSPS) is 32.2. The van der Waals surface area contributed by atoms with E-state index in [0.29, 0.717) is 5.92 Å². The van der Waals surface area contributed by atoms with E-state index in [1.54, 1.807) is 0 Å². The van der Waals surface area contributed by atoms with Gasteiger partial charge in [-0.25, -0.2) is 8.78 Å². The number of halogens is 3. The first kappa shape index (κ1) is 16.0. The van der Waals surface area contributed by atoms with Gasteiger partial charge in [0, 0.05) is 0 Å². The fraction of sp³-hybridized carbons (Fsp3) is 0.579. The Morgan fingerprint density at radius 1 is 1.00 bits per heavy atom. The molecule has 2 fully saturated rings. The van der Waals surface area contributed by atoms with Crippen LogP contribution in [0.25, 0.3) is 0 Å². The minimum absolute atomic E-state index is 0.279. The highest BCUT2D eigenvalue weighted by atomic mass is 35.5. The summed E-state index contributed by atoms with van der Waals surface area (Å²) >= 11 is 5.59. The van der Waals surface area contributed by atoms with Crippen LogP contribution in [0.15, 0.2) is 24.3 Å². The molecule has 3 rings (SSSR count). The highest BCUT2D eigenvalue weighted by Crippen LogP contribution is 2.48. The summed E-state index contributed by atoms with van der Waals surface area (Å²) in [5.41, 5.74) is 0.786. The molecule has 0 heterocycles. The summed E-state index contributed by atoms with van der Waals surface area (Å²) in [6.07, 6.45) is 11.6. The first-order valence-corrected chi connectivity index (χ1v) is 8.73. The minimum atomic E-state index is -0.629. The van der Waals surface area contributed by atoms with Crippen molar-refractivity contribution in [2.75, 3.05) is 0 Å². The molecule has 0 nitrogen and oxygen atoms in total. The third-order valence-electron chi connectivity index (χ3n) is 5.60. The molecular weight excluding hydrogens is 302 g/mol. The third-order valence-corrected chi connectivity index (χ3v) is 5.96. The maximum Gasteiger partial charge on any atom is 0.145 e. The quantitative estimate of drug-likeness (QED) is 0.430. The molecule has 0 saturated heterocycles. The SMILES string of the molecule is CC=CC1CCC2CC(c3cc(F)c(Cl)c(F)c3)CCC2C1. The Labute approximate surface area is 136 Å². The minimum Gasteiger partial charge on any atom is -0.205 e. The summed E-state index contributed by atoms with van der Waals surface area (Å²) in [7, 11) is 0. The van der Waals surface area contributed by atoms with E-state index in [9.17, 15) is 8.78 Å². The second-order valence-electron chi connectivity index (χ2n) is 6.93. The molecule has 120 valence electrons. The van der Waals surface area contributed by atoms with Crippen LogP contribution < -0.4 is 0 Å². The molecule has 0 aliphatic heterocycles. The molecule has 2 saturated carbocycles. The average molecular weight is 325 g/mol. The second-order valence-corrected chi connectivity index (χ2v) is 7.31. The first-order chi connectivity index (χ1) is 10.6. The van der Waals surface area contributed by atoms with Gasteiger partial charge in [-0.1, -0.05) is 23.8 Å². The van der Waals surface area contributed by atoms with Crippen LogP contribution in [0.5, 0.6) is 0 Å². The van der Waals surface area contributed by atoms with Crippen molar-refractivity contribution in [3.8, 4) is 0 Å². The van der Waals surface area contributed by atoms with E-state index >= 15 is 0 Å². The molecule has 3 heteroatoms. The zero-order valence-electron chi connectivity index (χ0n) is 13.0. The molecule has 0 aromatic heterocycles. The summed E-state index contributed by atoms with van der Waals surface area (Å²) in [6.45, 7) is 2.09. The second kappa shape index (κ2) is 6.70. The van der Waals surface area contributed by atoms with Crippen LogP contribution >= 0.6 is 11.6 Å². The van der Waals surface area contributed by atoms with Gasteiger partial charge in [0.1, 0.15) is 16.7 Å². The van der Waals surface area contributed by atoms with Gasteiger partial charge in [0.25, 0.3) is 0 Å². The van der Waals surface area contributed by atoms with E-state index < -0.39 is 11.6 Å². The molecule has 0 N–H and O–H groups in total. The van der Waals surface area contributed by atoms with Gasteiger partial charge in [-0.05, 0) is 86.8 Å². The summed E-state index contributed by atoms with van der Waals surface area (Å²) in [5, 5.41) is -0.385. The van der Waals surface area contributed by atoms with Crippen LogP contribution in [0.3, 0.4) is 0 Å². The van der Waals surface area contributed by atoms with E-state index in [1.165, 1.54) is 37.8 Å². The lowest BCUT2D eigenvalue weighted by Gasteiger charge is -2.41. The van der Waals surface area contributed by atoms with Crippen LogP contribution in [0.4, 0.5) is 8.78 Å². The first-order valence-electron chi connectivity index (χ1n) is 8.35. The fourth-order valence-corrected chi connectivity index (χ4v) is 4.60. The number of allylic oxidation sites excluding steroid dienone is 2. The highest BCUT2D eigenvalue weighted by molar-refractivity contribution is 6.30. The number of hydrogen-bond acceptors (Lipinski definition) is 0. The van der Waals surface area contributed by atoms with Gasteiger partial charge < -0.3 is 0 Å². The highest BCUT2D eigenvalue weighted by Gasteiger charge is 2.35. The molecule has 2 aliphatic carbocycles. The standard InChI is InChI=1S/C19H23ClF2/c1-2-3-12-4-5-14-9-15(7-6-13(14)8-12)16-10-17(21)19(20)18(22)11-16/h2-3,10-15H,4-9H2,1H3. The van der Waals surface area contributed by atoms with Gasteiger partial charge in [-0.3, -0.25) is 0 Å². The van der Waals surface area contributed by atoms with Crippen LogP contribution in [-0.2, 0) is 0 Å². The van der Waals surface area contributed by atoms with Gasteiger partial charge in [0.2, 0.25) is 0 Å². The van der Waals surface area contributed by atoms with E-state index in [0.717, 1.165) is 30.2 Å². The van der Waals surface area contributed by atoms with Crippen LogP contribution in [0.1, 0.15) is 56.9 Å². The lowest BCUT2D eigenvalue weighted by molar-refractivity contribution is 0.133. The van der Waals surface area contributed by atoms with Crippen LogP contribution in [0, 0.1) is 29.4 Å². The number of hydrogen-bond donors (Lipinski definition) is 0. The Hall–Kier alpha value is -0.890. The fourth-order valence-electron chi connectivity index (χ4n) is 4.49. The Morgan fingerprint density at radius 2 is 1.64 bits per heavy atom. The van der Waals surface area contributed by atoms with E-state index in [4.69, 9.17) is 11.6 Å². The molecule has 0 radical (unpaired) electrons. The van der Waals surface area contributed by atoms with Crippen LogP contribution in [0.2, 0.25) is 5.02 Å². The van der Waals surface area contributed by atoms with Crippen molar-refractivity contribution < 1.29 is 8.78 Å². The lowest BCUT2D eigenvalue weighted by atomic mass is 9.64. The lowest BCUT2D eigenvalue weighted by Crippen LogP contribution is -2.30. The maximum atomic E-state index is 13.7. The van der Waals surface area contributed by atoms with Crippen LogP contribution in [-0.4, -0.2) is 0 Å². The Bertz CT molecular complexity index is 544. The van der Waals surface area contributed by atoms with E-state index in [-0.39, 0.29) is 10.9 Å². The molecule has 1 aromatic carbocycles. The Balaban J connectivity index is 1.70. The molecule has 0 bridgehead atoms. The smallest absolute Gasteiger partial charge is 0.145 e. The summed E-state index contributed by atoms with van der Waals surface area (Å²) in [6, 6.07) is 2.86. The van der Waals surface area contributed by atoms with Gasteiger partial charge >= 0.3 is 0 Å². The molecule has 4 unspecified atom stereocenters. The van der Waals surface area contributed by atoms with Gasteiger partial charge in [-0.15, -0.1) is 0 Å². The molecule has 2 aliphatic rings. The molecule has 22 heavy (non-hydrogen) atoms. The predicted octanol–water partition coefficient (Wildman–Crippen LogP) is 6.49. The molecule has 1 aromatic rings. The number of rotatable bonds is 2. The summed E-state index contributed by atoms with van der Waals surface area (Å²) in [5.74, 6) is 1.25.